The Bertz CT molecular complexity index is 325. The first kappa shape index (κ1) is 8.48. The fourth-order valence-corrected chi connectivity index (χ4v) is 1.59. The van der Waals surface area contributed by atoms with Crippen LogP contribution in [0.2, 0.25) is 0 Å². The molecule has 1 aromatic heterocycles. The number of rotatable bonds is 1. The number of nitrogens with zero attached hydrogens (tertiary/aromatic N) is 1. The molecule has 2 heterocycles. The van der Waals surface area contributed by atoms with Crippen molar-refractivity contribution in [3.63, 3.8) is 0 Å². The summed E-state index contributed by atoms with van der Waals surface area (Å²) in [5, 5.41) is 0. The highest BCUT2D eigenvalue weighted by molar-refractivity contribution is 5.34. The van der Waals surface area contributed by atoms with E-state index in [2.05, 4.69) is 18.8 Å². The Morgan fingerprint density at radius 3 is 3.08 bits per heavy atom. The fourth-order valence-electron chi connectivity index (χ4n) is 1.59. The molecular weight excluding hydrogens is 169 g/mol. The van der Waals surface area contributed by atoms with Crippen molar-refractivity contribution in [1.82, 2.24) is 4.98 Å². The molecule has 0 saturated carbocycles. The number of halogens is 1. The number of fused-ring (bicyclic) bond motifs is 1. The summed E-state index contributed by atoms with van der Waals surface area (Å²) >= 11 is 0. The van der Waals surface area contributed by atoms with Crippen LogP contribution in [0, 0.1) is 11.7 Å². The number of hydrogen-bond donors (Lipinski definition) is 0. The van der Waals surface area contributed by atoms with Crippen molar-refractivity contribution in [2.45, 2.75) is 19.8 Å². The van der Waals surface area contributed by atoms with E-state index in [0.29, 0.717) is 24.2 Å². The summed E-state index contributed by atoms with van der Waals surface area (Å²) in [5.41, 5.74) is 0.899. The first-order valence-corrected chi connectivity index (χ1v) is 4.46. The van der Waals surface area contributed by atoms with Gasteiger partial charge in [0.2, 0.25) is 0 Å². The van der Waals surface area contributed by atoms with E-state index in [4.69, 9.17) is 4.74 Å². The molecule has 70 valence electrons. The maximum atomic E-state index is 12.7. The van der Waals surface area contributed by atoms with Gasteiger partial charge in [0, 0.05) is 12.0 Å². The van der Waals surface area contributed by atoms with Crippen molar-refractivity contribution >= 4 is 0 Å². The molecule has 0 aromatic carbocycles. The smallest absolute Gasteiger partial charge is 0.145 e. The minimum Gasteiger partial charge on any atom is -0.491 e. The highest BCUT2D eigenvalue weighted by atomic mass is 19.1. The molecule has 0 radical (unpaired) electrons. The van der Waals surface area contributed by atoms with Crippen LogP contribution in [0.15, 0.2) is 12.3 Å². The maximum Gasteiger partial charge on any atom is 0.145 e. The Balaban J connectivity index is 2.38. The van der Waals surface area contributed by atoms with Crippen molar-refractivity contribution in [3.05, 3.63) is 23.8 Å². The van der Waals surface area contributed by atoms with E-state index in [9.17, 15) is 4.39 Å². The number of aromatic nitrogens is 1. The van der Waals surface area contributed by atoms with Crippen LogP contribution in [0.25, 0.3) is 0 Å². The molecule has 0 saturated heterocycles. The Labute approximate surface area is 76.7 Å². The van der Waals surface area contributed by atoms with Gasteiger partial charge in [0.1, 0.15) is 11.6 Å². The number of hydrogen-bond acceptors (Lipinski definition) is 2. The lowest BCUT2D eigenvalue weighted by Crippen LogP contribution is -2.08. The Hall–Kier alpha value is -1.12. The van der Waals surface area contributed by atoms with Gasteiger partial charge in [-0.25, -0.2) is 4.39 Å². The number of pyridine rings is 1. The maximum absolute atomic E-state index is 12.7. The molecule has 1 aliphatic heterocycles. The van der Waals surface area contributed by atoms with Crippen LogP contribution >= 0.6 is 0 Å². The van der Waals surface area contributed by atoms with Gasteiger partial charge in [-0.1, -0.05) is 13.8 Å². The third-order valence-electron chi connectivity index (χ3n) is 2.42. The zero-order valence-electron chi connectivity index (χ0n) is 7.75. The zero-order valence-corrected chi connectivity index (χ0v) is 7.75. The summed E-state index contributed by atoms with van der Waals surface area (Å²) in [7, 11) is 0. The van der Waals surface area contributed by atoms with E-state index in [1.807, 2.05) is 0 Å². The molecule has 13 heavy (non-hydrogen) atoms. The molecule has 0 fully saturated rings. The quantitative estimate of drug-likeness (QED) is 0.663. The molecule has 1 aliphatic rings. The fraction of sp³-hybridized carbons (Fsp3) is 0.500. The predicted octanol–water partition coefficient (Wildman–Crippen LogP) is 2.35. The average Bonchev–Trinajstić information content (AvgIpc) is 2.46. The molecule has 0 bridgehead atoms. The molecule has 0 N–H and O–H groups in total. The van der Waals surface area contributed by atoms with E-state index >= 15 is 0 Å². The lowest BCUT2D eigenvalue weighted by atomic mass is 9.94. The van der Waals surface area contributed by atoms with E-state index in [1.54, 1.807) is 0 Å². The molecule has 0 amide bonds. The second kappa shape index (κ2) is 2.98. The third kappa shape index (κ3) is 1.39. The van der Waals surface area contributed by atoms with Crippen molar-refractivity contribution in [2.24, 2.45) is 5.92 Å². The lowest BCUT2D eigenvalue weighted by molar-refractivity contribution is 0.303. The van der Waals surface area contributed by atoms with Gasteiger partial charge < -0.3 is 4.74 Å². The summed E-state index contributed by atoms with van der Waals surface area (Å²) < 4.78 is 18.1. The van der Waals surface area contributed by atoms with Gasteiger partial charge in [-0.3, -0.25) is 4.98 Å². The van der Waals surface area contributed by atoms with Gasteiger partial charge in [-0.2, -0.15) is 0 Å². The van der Waals surface area contributed by atoms with Crippen LogP contribution < -0.4 is 4.74 Å². The molecule has 0 spiro atoms. The molecular formula is C10H12FNO. The van der Waals surface area contributed by atoms with Gasteiger partial charge in [-0.15, -0.1) is 0 Å². The van der Waals surface area contributed by atoms with Crippen LogP contribution in [0.1, 0.15) is 25.5 Å². The summed E-state index contributed by atoms with van der Waals surface area (Å²) in [6, 6.07) is 1.41. The third-order valence-corrected chi connectivity index (χ3v) is 2.42. The molecule has 2 rings (SSSR count). The van der Waals surface area contributed by atoms with Crippen molar-refractivity contribution in [2.75, 3.05) is 6.61 Å². The monoisotopic (exact) mass is 181 g/mol. The normalized spacial score (nSPS) is 20.2. The van der Waals surface area contributed by atoms with E-state index in [-0.39, 0.29) is 5.82 Å². The van der Waals surface area contributed by atoms with Crippen molar-refractivity contribution < 1.29 is 9.13 Å². The lowest BCUT2D eigenvalue weighted by Gasteiger charge is -2.10. The minimum absolute atomic E-state index is 0.315. The Morgan fingerprint density at radius 1 is 1.62 bits per heavy atom. The standard InChI is InChI=1S/C10H12FNO/c1-6(2)8-5-13-9-3-7(11)4-12-10(8)9/h3-4,6,8H,5H2,1-2H3. The SMILES string of the molecule is CC(C)C1COc2cc(F)cnc21. The molecule has 1 aromatic rings. The molecule has 3 heteroatoms. The molecule has 1 unspecified atom stereocenters. The van der Waals surface area contributed by atoms with Crippen molar-refractivity contribution in [1.29, 1.82) is 0 Å². The van der Waals surface area contributed by atoms with Crippen LogP contribution in [0.4, 0.5) is 4.39 Å². The summed E-state index contributed by atoms with van der Waals surface area (Å²) in [5.74, 6) is 1.08. The second-order valence-electron chi connectivity index (χ2n) is 3.70. The summed E-state index contributed by atoms with van der Waals surface area (Å²) in [4.78, 5) is 4.06. The van der Waals surface area contributed by atoms with Crippen molar-refractivity contribution in [3.8, 4) is 5.75 Å². The van der Waals surface area contributed by atoms with Crippen LogP contribution in [0.5, 0.6) is 5.75 Å². The molecule has 1 atom stereocenters. The van der Waals surface area contributed by atoms with E-state index in [1.165, 1.54) is 12.3 Å². The molecule has 0 aliphatic carbocycles. The highest BCUT2D eigenvalue weighted by Crippen LogP contribution is 2.36. The van der Waals surface area contributed by atoms with Crippen LogP contribution in [-0.2, 0) is 0 Å². The minimum atomic E-state index is -0.330. The van der Waals surface area contributed by atoms with Crippen LogP contribution in [-0.4, -0.2) is 11.6 Å². The van der Waals surface area contributed by atoms with E-state index in [0.717, 1.165) is 5.69 Å². The Morgan fingerprint density at radius 2 is 2.38 bits per heavy atom. The number of ether oxygens (including phenoxy) is 1. The van der Waals surface area contributed by atoms with Gasteiger partial charge >= 0.3 is 0 Å². The van der Waals surface area contributed by atoms with Gasteiger partial charge in [0.05, 0.1) is 18.5 Å². The topological polar surface area (TPSA) is 22.1 Å². The first-order valence-electron chi connectivity index (χ1n) is 4.46. The van der Waals surface area contributed by atoms with Crippen LogP contribution in [0.3, 0.4) is 0 Å². The van der Waals surface area contributed by atoms with E-state index < -0.39 is 0 Å². The second-order valence-corrected chi connectivity index (χ2v) is 3.70. The predicted molar refractivity (Wildman–Crippen MR) is 47.3 cm³/mol. The largest absolute Gasteiger partial charge is 0.491 e. The van der Waals surface area contributed by atoms with Gasteiger partial charge in [0.15, 0.2) is 0 Å². The van der Waals surface area contributed by atoms with Gasteiger partial charge in [-0.05, 0) is 5.92 Å². The molecule has 2 nitrogen and oxygen atoms in total. The van der Waals surface area contributed by atoms with Gasteiger partial charge in [0.25, 0.3) is 0 Å². The Kier molecular flexibility index (Phi) is 1.94. The summed E-state index contributed by atoms with van der Waals surface area (Å²) in [6.07, 6.45) is 1.25. The zero-order chi connectivity index (χ0) is 9.42. The average molecular weight is 181 g/mol. The highest BCUT2D eigenvalue weighted by Gasteiger charge is 2.28. The first-order chi connectivity index (χ1) is 6.18. The summed E-state index contributed by atoms with van der Waals surface area (Å²) in [6.45, 7) is 4.87.